The first kappa shape index (κ1) is 25.2. The average molecular weight is 485 g/mol. The number of hydrogen-bond acceptors (Lipinski definition) is 2. The molecule has 2 nitrogen and oxygen atoms in total. The minimum Gasteiger partial charge on any atom is -0.507 e. The van der Waals surface area contributed by atoms with E-state index in [0.29, 0.717) is 35.2 Å². The van der Waals surface area contributed by atoms with Crippen molar-refractivity contribution in [2.75, 3.05) is 0 Å². The largest absolute Gasteiger partial charge is 0.507 e. The van der Waals surface area contributed by atoms with Gasteiger partial charge in [-0.1, -0.05) is 104 Å². The highest BCUT2D eigenvalue weighted by Crippen LogP contribution is 2.63. The first-order valence-electron chi connectivity index (χ1n) is 13.9. The predicted molar refractivity (Wildman–Crippen MR) is 150 cm³/mol. The molecule has 2 aromatic carbocycles. The molecule has 2 aromatic rings. The van der Waals surface area contributed by atoms with Crippen molar-refractivity contribution in [3.63, 3.8) is 0 Å². The Hall–Kier alpha value is -2.48. The van der Waals surface area contributed by atoms with Gasteiger partial charge in [0.15, 0.2) is 0 Å². The number of phenols is 2. The maximum Gasteiger partial charge on any atom is 0.122 e. The molecule has 5 rings (SSSR count). The zero-order valence-corrected chi connectivity index (χ0v) is 23.4. The number of phenolic OH excluding ortho intramolecular Hbond substituents is 2. The highest BCUT2D eigenvalue weighted by molar-refractivity contribution is 5.60. The van der Waals surface area contributed by atoms with Gasteiger partial charge in [0, 0.05) is 5.41 Å². The highest BCUT2D eigenvalue weighted by atomic mass is 16.3. The summed E-state index contributed by atoms with van der Waals surface area (Å²) in [7, 11) is 0. The second-order valence-corrected chi connectivity index (χ2v) is 13.5. The zero-order valence-electron chi connectivity index (χ0n) is 23.4. The molecule has 3 aliphatic rings. The van der Waals surface area contributed by atoms with E-state index < -0.39 is 0 Å². The Balaban J connectivity index is 1.85. The fourth-order valence-corrected chi connectivity index (χ4v) is 7.43. The van der Waals surface area contributed by atoms with Gasteiger partial charge >= 0.3 is 0 Å². The van der Waals surface area contributed by atoms with Crippen LogP contribution in [0, 0.1) is 23.7 Å². The minimum atomic E-state index is -0.288. The van der Waals surface area contributed by atoms with E-state index in [2.05, 4.69) is 104 Å². The van der Waals surface area contributed by atoms with Gasteiger partial charge < -0.3 is 10.2 Å². The lowest BCUT2D eigenvalue weighted by atomic mass is 9.61. The summed E-state index contributed by atoms with van der Waals surface area (Å²) in [4.78, 5) is 0. The van der Waals surface area contributed by atoms with E-state index in [-0.39, 0.29) is 16.2 Å². The monoisotopic (exact) mass is 484 g/mol. The molecule has 0 aliphatic heterocycles. The first-order chi connectivity index (χ1) is 16.8. The van der Waals surface area contributed by atoms with Crippen molar-refractivity contribution in [3.8, 4) is 11.5 Å². The van der Waals surface area contributed by atoms with Crippen molar-refractivity contribution >= 4 is 0 Å². The molecule has 2 bridgehead atoms. The fraction of sp³-hybridized carbons (Fsp3) is 0.529. The van der Waals surface area contributed by atoms with Crippen LogP contribution in [0.1, 0.15) is 95.2 Å². The molecule has 3 aliphatic carbocycles. The molecule has 0 saturated heterocycles. The predicted octanol–water partition coefficient (Wildman–Crippen LogP) is 8.11. The Morgan fingerprint density at radius 3 is 1.64 bits per heavy atom. The van der Waals surface area contributed by atoms with Crippen molar-refractivity contribution in [1.82, 2.24) is 0 Å². The molecule has 0 aromatic heterocycles. The fourth-order valence-electron chi connectivity index (χ4n) is 7.43. The van der Waals surface area contributed by atoms with Crippen molar-refractivity contribution in [1.29, 1.82) is 0 Å². The van der Waals surface area contributed by atoms with Crippen molar-refractivity contribution in [3.05, 3.63) is 82.0 Å². The first-order valence-corrected chi connectivity index (χ1v) is 13.9. The van der Waals surface area contributed by atoms with E-state index in [0.717, 1.165) is 35.1 Å². The molecular formula is C34H44O2. The van der Waals surface area contributed by atoms with Crippen LogP contribution in [0.15, 0.2) is 48.6 Å². The smallest absolute Gasteiger partial charge is 0.122 e. The van der Waals surface area contributed by atoms with Crippen molar-refractivity contribution in [2.24, 2.45) is 23.7 Å². The Bertz CT molecular complexity index is 1180. The number of aromatic hydroxyl groups is 2. The molecule has 0 amide bonds. The maximum absolute atomic E-state index is 11.2. The van der Waals surface area contributed by atoms with E-state index in [1.807, 2.05) is 0 Å². The van der Waals surface area contributed by atoms with Gasteiger partial charge in [0.1, 0.15) is 11.5 Å². The van der Waals surface area contributed by atoms with Gasteiger partial charge in [0.2, 0.25) is 0 Å². The number of aryl methyl sites for hydroxylation is 2. The summed E-state index contributed by atoms with van der Waals surface area (Å²) in [5.41, 5.74) is 6.07. The Kier molecular flexibility index (Phi) is 5.78. The summed E-state index contributed by atoms with van der Waals surface area (Å²) in [6.07, 6.45) is 12.7. The van der Waals surface area contributed by atoms with Crippen molar-refractivity contribution < 1.29 is 10.2 Å². The average Bonchev–Trinajstić information content (AvgIpc) is 3.51. The standard InChI is InChI=1S/C34H44O2/c1-9-20-16-24(18-27(30(20)35)32(3,4)5)34(14-13-26-22-11-12-23(15-22)29(26)34)25-17-21(10-2)31(36)28(19-25)33(6,7)8/h11-14,16-19,22-23,26,29,35-36H,9-10,15H2,1-8H3. The number of rotatable bonds is 4. The highest BCUT2D eigenvalue weighted by Gasteiger charge is 2.57. The topological polar surface area (TPSA) is 40.5 Å². The van der Waals surface area contributed by atoms with Crippen LogP contribution < -0.4 is 0 Å². The summed E-state index contributed by atoms with van der Waals surface area (Å²) in [6.45, 7) is 17.4. The summed E-state index contributed by atoms with van der Waals surface area (Å²) < 4.78 is 0. The second-order valence-electron chi connectivity index (χ2n) is 13.5. The number of hydrogen-bond donors (Lipinski definition) is 2. The Morgan fingerprint density at radius 1 is 0.722 bits per heavy atom. The molecule has 192 valence electrons. The van der Waals surface area contributed by atoms with Gasteiger partial charge in [0.05, 0.1) is 0 Å². The van der Waals surface area contributed by atoms with E-state index in [1.54, 1.807) is 0 Å². The van der Waals surface area contributed by atoms with Gasteiger partial charge in [-0.05, 0) is 87.1 Å². The normalized spacial score (nSPS) is 26.1. The summed E-state index contributed by atoms with van der Waals surface area (Å²) in [5, 5.41) is 22.5. The molecule has 2 heteroatoms. The second kappa shape index (κ2) is 8.27. The molecule has 0 heterocycles. The minimum absolute atomic E-state index is 0.165. The van der Waals surface area contributed by atoms with Crippen LogP contribution in [-0.2, 0) is 29.1 Å². The summed E-state index contributed by atoms with van der Waals surface area (Å²) in [6, 6.07) is 9.16. The lowest BCUT2D eigenvalue weighted by molar-refractivity contribution is 0.299. The SMILES string of the molecule is CCc1cc(C2(c3cc(CC)c(O)c(C(C)(C)C)c3)C=CC3C4C=CC(C4)C32)cc(C(C)(C)C)c1O. The summed E-state index contributed by atoms with van der Waals surface area (Å²) >= 11 is 0. The van der Waals surface area contributed by atoms with Crippen LogP contribution in [-0.4, -0.2) is 10.2 Å². The Morgan fingerprint density at radius 2 is 1.19 bits per heavy atom. The molecule has 1 fully saturated rings. The maximum atomic E-state index is 11.2. The van der Waals surface area contributed by atoms with Gasteiger partial charge in [-0.15, -0.1) is 0 Å². The molecular weight excluding hydrogens is 440 g/mol. The van der Waals surface area contributed by atoms with Crippen LogP contribution in [0.4, 0.5) is 0 Å². The van der Waals surface area contributed by atoms with Gasteiger partial charge in [0.25, 0.3) is 0 Å². The van der Waals surface area contributed by atoms with Gasteiger partial charge in [-0.25, -0.2) is 0 Å². The van der Waals surface area contributed by atoms with Crippen LogP contribution >= 0.6 is 0 Å². The van der Waals surface area contributed by atoms with Crippen molar-refractivity contribution in [2.45, 2.75) is 90.9 Å². The lowest BCUT2D eigenvalue weighted by Gasteiger charge is -2.42. The van der Waals surface area contributed by atoms with Gasteiger partial charge in [-0.3, -0.25) is 0 Å². The third kappa shape index (κ3) is 3.58. The molecule has 4 unspecified atom stereocenters. The van der Waals surface area contributed by atoms with E-state index in [4.69, 9.17) is 0 Å². The molecule has 1 saturated carbocycles. The van der Waals surface area contributed by atoms with Crippen LogP contribution in [0.25, 0.3) is 0 Å². The number of benzene rings is 2. The molecule has 0 spiro atoms. The number of fused-ring (bicyclic) bond motifs is 5. The molecule has 2 N–H and O–H groups in total. The van der Waals surface area contributed by atoms with E-state index >= 15 is 0 Å². The van der Waals surface area contributed by atoms with Gasteiger partial charge in [-0.2, -0.15) is 0 Å². The van der Waals surface area contributed by atoms with Crippen LogP contribution in [0.5, 0.6) is 11.5 Å². The van der Waals surface area contributed by atoms with Crippen LogP contribution in [0.2, 0.25) is 0 Å². The third-order valence-electron chi connectivity index (χ3n) is 9.34. The van der Waals surface area contributed by atoms with E-state index in [9.17, 15) is 10.2 Å². The zero-order chi connectivity index (χ0) is 26.2. The van der Waals surface area contributed by atoms with E-state index in [1.165, 1.54) is 17.5 Å². The quantitative estimate of drug-likeness (QED) is 0.430. The lowest BCUT2D eigenvalue weighted by Crippen LogP contribution is -2.38. The molecule has 4 atom stereocenters. The molecule has 36 heavy (non-hydrogen) atoms. The third-order valence-corrected chi connectivity index (χ3v) is 9.34. The molecule has 0 radical (unpaired) electrons. The summed E-state index contributed by atoms with van der Waals surface area (Å²) in [5.74, 6) is 3.05. The van der Waals surface area contributed by atoms with Crippen LogP contribution in [0.3, 0.4) is 0 Å². The Labute approximate surface area is 218 Å². The number of allylic oxidation sites excluding steroid dienone is 4.